The molecule has 3 fully saturated rings. The third-order valence-electron chi connectivity index (χ3n) is 8.74. The molecule has 3 saturated carbocycles. The highest BCUT2D eigenvalue weighted by atomic mass is 32.2. The predicted octanol–water partition coefficient (Wildman–Crippen LogP) is 8.67. The third kappa shape index (κ3) is 9.95. The first kappa shape index (κ1) is 32.3. The molecule has 236 valence electrons. The Kier molecular flexibility index (Phi) is 12.3. The van der Waals surface area contributed by atoms with Gasteiger partial charge in [-0.25, -0.2) is 0 Å². The molecule has 0 atom stereocenters. The minimum atomic E-state index is -1.08. The second-order valence-corrected chi connectivity index (χ2v) is 14.4. The van der Waals surface area contributed by atoms with E-state index < -0.39 is 5.97 Å². The summed E-state index contributed by atoms with van der Waals surface area (Å²) >= 11 is 0. The van der Waals surface area contributed by atoms with Crippen LogP contribution in [0.5, 0.6) is 17.2 Å². The number of hydrogen-bond donors (Lipinski definition) is 0. The van der Waals surface area contributed by atoms with Crippen LogP contribution in [-0.2, 0) is 15.7 Å². The van der Waals surface area contributed by atoms with Crippen LogP contribution < -0.4 is 19.3 Å². The van der Waals surface area contributed by atoms with Crippen LogP contribution in [0.2, 0.25) is 0 Å². The van der Waals surface area contributed by atoms with Crippen LogP contribution in [0.15, 0.2) is 87.5 Å². The number of carbonyl (C=O) groups is 1. The zero-order valence-electron chi connectivity index (χ0n) is 26.2. The summed E-state index contributed by atoms with van der Waals surface area (Å²) in [5.74, 6) is 1.89. The first-order valence-electron chi connectivity index (χ1n) is 16.8. The highest BCUT2D eigenvalue weighted by Crippen LogP contribution is 2.35. The molecule has 6 rings (SSSR count). The standard InChI is InChI=1S/C36H45O3S.C2H4O2/c1-4-10-28(11-5-1)37-31-16-22-34(23-17-31)40(35-24-18-32(19-25-35)38-29-12-6-2-7-13-29)36-26-20-33(21-27-36)39-30-14-8-3-9-15-30;1-2(3)4/h16-30H,1-15H2;1H3,(H,3,4)/q+1;/p-1. The quantitative estimate of drug-likeness (QED) is 0.225. The number of aliphatic carboxylic acids is 1. The Morgan fingerprint density at radius 1 is 0.500 bits per heavy atom. The minimum Gasteiger partial charge on any atom is -0.550 e. The van der Waals surface area contributed by atoms with E-state index in [0.29, 0.717) is 18.3 Å². The Balaban J connectivity index is 0.000000906. The van der Waals surface area contributed by atoms with Crippen LogP contribution in [0.1, 0.15) is 103 Å². The number of ether oxygens (including phenoxy) is 3. The normalized spacial score (nSPS) is 18.2. The smallest absolute Gasteiger partial charge is 0.166 e. The van der Waals surface area contributed by atoms with Gasteiger partial charge in [0.25, 0.3) is 0 Å². The molecule has 0 N–H and O–H groups in total. The van der Waals surface area contributed by atoms with E-state index >= 15 is 0 Å². The van der Waals surface area contributed by atoms with Crippen molar-refractivity contribution in [1.82, 2.24) is 0 Å². The van der Waals surface area contributed by atoms with Gasteiger partial charge in [-0.15, -0.1) is 0 Å². The number of benzene rings is 3. The zero-order valence-corrected chi connectivity index (χ0v) is 27.0. The highest BCUT2D eigenvalue weighted by Gasteiger charge is 2.30. The lowest BCUT2D eigenvalue weighted by Gasteiger charge is -2.23. The Morgan fingerprint density at radius 2 is 0.727 bits per heavy atom. The van der Waals surface area contributed by atoms with Crippen molar-refractivity contribution in [3.8, 4) is 17.2 Å². The molecule has 0 aromatic heterocycles. The van der Waals surface area contributed by atoms with Crippen molar-refractivity contribution in [2.24, 2.45) is 0 Å². The molecule has 0 heterocycles. The van der Waals surface area contributed by atoms with Gasteiger partial charge in [-0.1, -0.05) is 19.3 Å². The molecular formula is C38H48O5S. The van der Waals surface area contributed by atoms with Crippen molar-refractivity contribution in [1.29, 1.82) is 0 Å². The maximum absolute atomic E-state index is 8.89. The van der Waals surface area contributed by atoms with Gasteiger partial charge in [0.2, 0.25) is 0 Å². The molecular weight excluding hydrogens is 568 g/mol. The average Bonchev–Trinajstić information content (AvgIpc) is 3.05. The van der Waals surface area contributed by atoms with Crippen molar-refractivity contribution in [3.05, 3.63) is 72.8 Å². The Morgan fingerprint density at radius 3 is 0.955 bits per heavy atom. The maximum Gasteiger partial charge on any atom is 0.166 e. The van der Waals surface area contributed by atoms with Gasteiger partial charge in [-0.05, 0) is 157 Å². The molecule has 0 radical (unpaired) electrons. The fourth-order valence-corrected chi connectivity index (χ4v) is 8.54. The zero-order chi connectivity index (χ0) is 30.6. The van der Waals surface area contributed by atoms with Crippen LogP contribution in [-0.4, -0.2) is 24.3 Å². The van der Waals surface area contributed by atoms with Crippen molar-refractivity contribution >= 4 is 16.9 Å². The van der Waals surface area contributed by atoms with Gasteiger partial charge in [-0.2, -0.15) is 0 Å². The topological polar surface area (TPSA) is 67.8 Å². The van der Waals surface area contributed by atoms with E-state index in [1.54, 1.807) is 0 Å². The van der Waals surface area contributed by atoms with Crippen molar-refractivity contribution in [2.75, 3.05) is 0 Å². The molecule has 5 nitrogen and oxygen atoms in total. The molecule has 0 unspecified atom stereocenters. The van der Waals surface area contributed by atoms with Gasteiger partial charge in [0.15, 0.2) is 14.7 Å². The van der Waals surface area contributed by atoms with Crippen molar-refractivity contribution in [2.45, 2.75) is 136 Å². The van der Waals surface area contributed by atoms with Crippen molar-refractivity contribution in [3.63, 3.8) is 0 Å². The third-order valence-corrected chi connectivity index (χ3v) is 11.0. The van der Waals surface area contributed by atoms with Gasteiger partial charge < -0.3 is 24.1 Å². The first-order chi connectivity index (χ1) is 21.5. The maximum atomic E-state index is 8.89. The number of carboxylic acid groups (broad SMARTS) is 1. The van der Waals surface area contributed by atoms with E-state index in [0.717, 1.165) is 24.2 Å². The van der Waals surface area contributed by atoms with E-state index in [4.69, 9.17) is 24.1 Å². The van der Waals surface area contributed by atoms with Crippen LogP contribution >= 0.6 is 0 Å². The number of rotatable bonds is 9. The average molecular weight is 617 g/mol. The van der Waals surface area contributed by atoms with Gasteiger partial charge in [0.1, 0.15) is 17.2 Å². The molecule has 6 heteroatoms. The number of carboxylic acids is 1. The van der Waals surface area contributed by atoms with E-state index in [2.05, 4.69) is 72.8 Å². The fraction of sp³-hybridized carbons (Fsp3) is 0.500. The van der Waals surface area contributed by atoms with Gasteiger partial charge in [0, 0.05) is 5.97 Å². The molecule has 3 aliphatic rings. The molecule has 3 aromatic rings. The van der Waals surface area contributed by atoms with Gasteiger partial charge >= 0.3 is 0 Å². The first-order valence-corrected chi connectivity index (χ1v) is 18.0. The Bertz CT molecular complexity index is 1100. The summed E-state index contributed by atoms with van der Waals surface area (Å²) < 4.78 is 19.0. The summed E-state index contributed by atoms with van der Waals surface area (Å²) in [4.78, 5) is 12.8. The molecule has 0 saturated heterocycles. The van der Waals surface area contributed by atoms with Crippen molar-refractivity contribution < 1.29 is 24.1 Å². The van der Waals surface area contributed by atoms with Crippen LogP contribution in [0.3, 0.4) is 0 Å². The summed E-state index contributed by atoms with van der Waals surface area (Å²) in [6, 6.07) is 26.6. The largest absolute Gasteiger partial charge is 0.550 e. The van der Waals surface area contributed by atoms with E-state index in [9.17, 15) is 0 Å². The van der Waals surface area contributed by atoms with Crippen LogP contribution in [0.25, 0.3) is 0 Å². The second-order valence-electron chi connectivity index (χ2n) is 12.3. The molecule has 0 aliphatic heterocycles. The molecule has 44 heavy (non-hydrogen) atoms. The van der Waals surface area contributed by atoms with Crippen LogP contribution in [0.4, 0.5) is 0 Å². The second kappa shape index (κ2) is 16.8. The minimum absolute atomic E-state index is 0.226. The SMILES string of the molecule is CC(=O)[O-].c1cc([S+](c2ccc(OC3CCCCC3)cc2)c2ccc(OC3CCCCC3)cc2)ccc1OC1CCCCC1. The number of hydrogen-bond acceptors (Lipinski definition) is 5. The summed E-state index contributed by atoms with van der Waals surface area (Å²) in [5, 5.41) is 8.89. The highest BCUT2D eigenvalue weighted by molar-refractivity contribution is 7.97. The van der Waals surface area contributed by atoms with E-state index in [1.165, 1.54) is 111 Å². The Hall–Kier alpha value is -3.12. The lowest BCUT2D eigenvalue weighted by molar-refractivity contribution is -0.302. The molecule has 3 aliphatic carbocycles. The van der Waals surface area contributed by atoms with E-state index in [-0.39, 0.29) is 10.9 Å². The van der Waals surface area contributed by atoms with E-state index in [1.807, 2.05) is 0 Å². The van der Waals surface area contributed by atoms with Crippen LogP contribution in [0, 0.1) is 0 Å². The molecule has 0 spiro atoms. The number of carbonyl (C=O) groups excluding carboxylic acids is 1. The summed E-state index contributed by atoms with van der Waals surface area (Å²) in [6.45, 7) is 0.972. The summed E-state index contributed by atoms with van der Waals surface area (Å²) in [7, 11) is -0.226. The summed E-state index contributed by atoms with van der Waals surface area (Å²) in [5.41, 5.74) is 0. The lowest BCUT2D eigenvalue weighted by atomic mass is 9.98. The molecule has 0 bridgehead atoms. The monoisotopic (exact) mass is 616 g/mol. The predicted molar refractivity (Wildman–Crippen MR) is 175 cm³/mol. The lowest BCUT2D eigenvalue weighted by Crippen LogP contribution is -2.19. The fourth-order valence-electron chi connectivity index (χ4n) is 6.50. The Labute approximate surface area is 266 Å². The molecule has 3 aromatic carbocycles. The molecule has 0 amide bonds. The van der Waals surface area contributed by atoms with Gasteiger partial charge in [0.05, 0.1) is 29.2 Å². The van der Waals surface area contributed by atoms with Gasteiger partial charge in [-0.3, -0.25) is 0 Å². The summed E-state index contributed by atoms with van der Waals surface area (Å²) in [6.07, 6.45) is 19.9.